The van der Waals surface area contributed by atoms with Crippen LogP contribution in [0.25, 0.3) is 0 Å². The van der Waals surface area contributed by atoms with Gasteiger partial charge in [-0.2, -0.15) is 0 Å². The number of hydrogen-bond acceptors (Lipinski definition) is 4. The molecule has 1 aliphatic rings. The Bertz CT molecular complexity index is 525. The Kier molecular flexibility index (Phi) is 5.54. The van der Waals surface area contributed by atoms with Crippen LogP contribution in [0.5, 0.6) is 0 Å². The van der Waals surface area contributed by atoms with Crippen LogP contribution in [0.1, 0.15) is 30.4 Å². The number of nitrogens with one attached hydrogen (secondary N) is 1. The predicted octanol–water partition coefficient (Wildman–Crippen LogP) is 1.13. The van der Waals surface area contributed by atoms with Crippen LogP contribution in [-0.2, 0) is 27.1 Å². The highest BCUT2D eigenvalue weighted by molar-refractivity contribution is 7.88. The second-order valence-corrected chi connectivity index (χ2v) is 6.86. The fourth-order valence-electron chi connectivity index (χ4n) is 2.40. The summed E-state index contributed by atoms with van der Waals surface area (Å²) in [4.78, 5) is 0. The molecular formula is C14H22N2O3S. The Hall–Kier alpha value is -0.950. The lowest BCUT2D eigenvalue weighted by atomic mass is 10.1. The number of nitrogens with two attached hydrogens (primary N) is 1. The van der Waals surface area contributed by atoms with Gasteiger partial charge in [0.05, 0.1) is 11.9 Å². The summed E-state index contributed by atoms with van der Waals surface area (Å²) in [5.74, 6) is -0.0219. The Morgan fingerprint density at radius 1 is 1.30 bits per heavy atom. The first-order valence-corrected chi connectivity index (χ1v) is 8.62. The number of rotatable bonds is 7. The van der Waals surface area contributed by atoms with E-state index in [0.29, 0.717) is 13.1 Å². The first-order valence-electron chi connectivity index (χ1n) is 6.96. The lowest BCUT2D eigenvalue weighted by molar-refractivity contribution is 0.105. The van der Waals surface area contributed by atoms with Gasteiger partial charge in [0, 0.05) is 19.7 Å². The van der Waals surface area contributed by atoms with Crippen molar-refractivity contribution in [1.82, 2.24) is 4.72 Å². The monoisotopic (exact) mass is 298 g/mol. The summed E-state index contributed by atoms with van der Waals surface area (Å²) in [6, 6.07) is 7.36. The maximum absolute atomic E-state index is 12.0. The van der Waals surface area contributed by atoms with E-state index in [2.05, 4.69) is 4.72 Å². The van der Waals surface area contributed by atoms with Crippen molar-refractivity contribution >= 4 is 10.0 Å². The first kappa shape index (κ1) is 15.4. The molecule has 0 amide bonds. The van der Waals surface area contributed by atoms with E-state index in [9.17, 15) is 8.42 Å². The molecule has 1 aliphatic heterocycles. The zero-order chi connectivity index (χ0) is 14.4. The molecule has 1 fully saturated rings. The maximum atomic E-state index is 12.0. The topological polar surface area (TPSA) is 81.4 Å². The van der Waals surface area contributed by atoms with Crippen molar-refractivity contribution in [3.8, 4) is 0 Å². The van der Waals surface area contributed by atoms with Crippen molar-refractivity contribution in [2.75, 3.05) is 13.2 Å². The Balaban J connectivity index is 1.86. The quantitative estimate of drug-likeness (QED) is 0.791. The molecule has 0 aromatic heterocycles. The third kappa shape index (κ3) is 4.56. The second kappa shape index (κ2) is 7.17. The van der Waals surface area contributed by atoms with E-state index >= 15 is 0 Å². The average Bonchev–Trinajstić information content (AvgIpc) is 2.92. The first-order chi connectivity index (χ1) is 9.61. The lowest BCUT2D eigenvalue weighted by Crippen LogP contribution is -2.28. The molecular weight excluding hydrogens is 276 g/mol. The molecule has 1 atom stereocenters. The highest BCUT2D eigenvalue weighted by atomic mass is 32.2. The average molecular weight is 298 g/mol. The smallest absolute Gasteiger partial charge is 0.215 e. The van der Waals surface area contributed by atoms with E-state index in [1.807, 2.05) is 24.3 Å². The van der Waals surface area contributed by atoms with Crippen LogP contribution < -0.4 is 10.5 Å². The second-order valence-electron chi connectivity index (χ2n) is 5.05. The minimum atomic E-state index is -3.32. The van der Waals surface area contributed by atoms with E-state index in [1.54, 1.807) is 0 Å². The Morgan fingerprint density at radius 2 is 2.05 bits per heavy atom. The van der Waals surface area contributed by atoms with Crippen LogP contribution in [0.4, 0.5) is 0 Å². The van der Waals surface area contributed by atoms with Crippen LogP contribution >= 0.6 is 0 Å². The molecule has 0 saturated carbocycles. The molecule has 1 unspecified atom stereocenters. The molecule has 0 aliphatic carbocycles. The van der Waals surface area contributed by atoms with Gasteiger partial charge in [-0.25, -0.2) is 13.1 Å². The van der Waals surface area contributed by atoms with Gasteiger partial charge in [-0.1, -0.05) is 24.3 Å². The highest BCUT2D eigenvalue weighted by Gasteiger charge is 2.17. The molecule has 1 aromatic carbocycles. The van der Waals surface area contributed by atoms with Crippen LogP contribution in [0, 0.1) is 0 Å². The molecule has 0 bridgehead atoms. The Morgan fingerprint density at radius 3 is 2.70 bits per heavy atom. The van der Waals surface area contributed by atoms with Gasteiger partial charge in [0.1, 0.15) is 0 Å². The normalized spacial score (nSPS) is 19.4. The van der Waals surface area contributed by atoms with Crippen LogP contribution in [0.2, 0.25) is 0 Å². The van der Waals surface area contributed by atoms with E-state index in [-0.39, 0.29) is 11.9 Å². The van der Waals surface area contributed by atoms with E-state index in [0.717, 1.165) is 37.0 Å². The highest BCUT2D eigenvalue weighted by Crippen LogP contribution is 2.15. The third-order valence-corrected chi connectivity index (χ3v) is 4.83. The van der Waals surface area contributed by atoms with Gasteiger partial charge >= 0.3 is 0 Å². The van der Waals surface area contributed by atoms with Crippen LogP contribution in [0.15, 0.2) is 24.3 Å². The van der Waals surface area contributed by atoms with Crippen LogP contribution in [0.3, 0.4) is 0 Å². The molecule has 2 rings (SSSR count). The van der Waals surface area contributed by atoms with Gasteiger partial charge in [-0.05, 0) is 30.4 Å². The standard InChI is InChI=1S/C14H22N2O3S/c15-10-12-4-1-2-5-13(12)11-20(17,18)16-8-7-14-6-3-9-19-14/h1-2,4-5,14,16H,3,6-11,15H2. The van der Waals surface area contributed by atoms with Crippen molar-refractivity contribution < 1.29 is 13.2 Å². The summed E-state index contributed by atoms with van der Waals surface area (Å²) in [6.07, 6.45) is 3.03. The zero-order valence-electron chi connectivity index (χ0n) is 11.5. The summed E-state index contributed by atoms with van der Waals surface area (Å²) in [5, 5.41) is 0. The molecule has 1 heterocycles. The van der Waals surface area contributed by atoms with E-state index in [4.69, 9.17) is 10.5 Å². The number of sulfonamides is 1. The molecule has 1 aromatic rings. The summed E-state index contributed by atoms with van der Waals surface area (Å²) < 4.78 is 32.2. The maximum Gasteiger partial charge on any atom is 0.215 e. The molecule has 112 valence electrons. The molecule has 3 N–H and O–H groups in total. The molecule has 0 spiro atoms. The van der Waals surface area contributed by atoms with Crippen molar-refractivity contribution in [3.05, 3.63) is 35.4 Å². The Labute approximate surface area is 120 Å². The lowest BCUT2D eigenvalue weighted by Gasteiger charge is -2.12. The SMILES string of the molecule is NCc1ccccc1CS(=O)(=O)NCCC1CCCO1. The van der Waals surface area contributed by atoms with Crippen molar-refractivity contribution in [3.63, 3.8) is 0 Å². The van der Waals surface area contributed by atoms with Gasteiger partial charge in [-0.15, -0.1) is 0 Å². The minimum absolute atomic E-state index is 0.0219. The minimum Gasteiger partial charge on any atom is -0.378 e. The van der Waals surface area contributed by atoms with Gasteiger partial charge in [0.25, 0.3) is 0 Å². The summed E-state index contributed by atoms with van der Waals surface area (Å²) >= 11 is 0. The fraction of sp³-hybridized carbons (Fsp3) is 0.571. The summed E-state index contributed by atoms with van der Waals surface area (Å²) in [5.41, 5.74) is 7.26. The molecule has 20 heavy (non-hydrogen) atoms. The zero-order valence-corrected chi connectivity index (χ0v) is 12.4. The van der Waals surface area contributed by atoms with Gasteiger partial charge in [0.2, 0.25) is 10.0 Å². The van der Waals surface area contributed by atoms with Gasteiger partial charge in [-0.3, -0.25) is 0 Å². The van der Waals surface area contributed by atoms with E-state index < -0.39 is 10.0 Å². The molecule has 0 radical (unpaired) electrons. The predicted molar refractivity (Wildman–Crippen MR) is 78.6 cm³/mol. The molecule has 6 heteroatoms. The largest absolute Gasteiger partial charge is 0.378 e. The van der Waals surface area contributed by atoms with Gasteiger partial charge in [0.15, 0.2) is 0 Å². The number of hydrogen-bond donors (Lipinski definition) is 2. The molecule has 1 saturated heterocycles. The fourth-order valence-corrected chi connectivity index (χ4v) is 3.62. The van der Waals surface area contributed by atoms with Crippen molar-refractivity contribution in [2.24, 2.45) is 5.73 Å². The number of ether oxygens (including phenoxy) is 1. The van der Waals surface area contributed by atoms with Gasteiger partial charge < -0.3 is 10.5 Å². The van der Waals surface area contributed by atoms with Crippen molar-refractivity contribution in [2.45, 2.75) is 37.7 Å². The van der Waals surface area contributed by atoms with E-state index in [1.165, 1.54) is 0 Å². The van der Waals surface area contributed by atoms with Crippen molar-refractivity contribution in [1.29, 1.82) is 0 Å². The third-order valence-electron chi connectivity index (χ3n) is 3.50. The van der Waals surface area contributed by atoms with Crippen LogP contribution in [-0.4, -0.2) is 27.7 Å². The summed E-state index contributed by atoms with van der Waals surface area (Å²) in [6.45, 7) is 1.57. The summed E-state index contributed by atoms with van der Waals surface area (Å²) in [7, 11) is -3.32. The molecule has 5 nitrogen and oxygen atoms in total. The number of benzene rings is 1.